The Balaban J connectivity index is 1.96. The fourth-order valence-electron chi connectivity index (χ4n) is 1.89. The second-order valence-electron chi connectivity index (χ2n) is 4.54. The van der Waals surface area contributed by atoms with E-state index >= 15 is 0 Å². The van der Waals surface area contributed by atoms with Crippen molar-refractivity contribution in [3.63, 3.8) is 0 Å². The van der Waals surface area contributed by atoms with Crippen LogP contribution in [0.3, 0.4) is 0 Å². The van der Waals surface area contributed by atoms with Gasteiger partial charge in [-0.1, -0.05) is 23.7 Å². The maximum absolute atomic E-state index is 12.1. The van der Waals surface area contributed by atoms with E-state index in [4.69, 9.17) is 11.6 Å². The van der Waals surface area contributed by atoms with E-state index in [1.807, 2.05) is 0 Å². The average Bonchev–Trinajstić information content (AvgIpc) is 2.41. The Hall–Kier alpha value is -1.52. The van der Waals surface area contributed by atoms with Crippen LogP contribution in [0, 0.1) is 0 Å². The second-order valence-corrected chi connectivity index (χ2v) is 7.09. The number of halogens is 1. The number of phenols is 1. The van der Waals surface area contributed by atoms with Crippen LogP contribution in [0.1, 0.15) is 12.0 Å². The Labute approximate surface area is 123 Å². The van der Waals surface area contributed by atoms with Crippen LogP contribution in [-0.4, -0.2) is 19.3 Å². The van der Waals surface area contributed by atoms with Crippen molar-refractivity contribution in [1.82, 2.24) is 0 Å². The fraction of sp³-hybridized carbons (Fsp3) is 0.200. The third kappa shape index (κ3) is 3.99. The Morgan fingerprint density at radius 3 is 2.15 bits per heavy atom. The van der Waals surface area contributed by atoms with Gasteiger partial charge in [0.15, 0.2) is 9.84 Å². The van der Waals surface area contributed by atoms with Crippen molar-refractivity contribution in [3.8, 4) is 5.75 Å². The zero-order chi connectivity index (χ0) is 14.6. The van der Waals surface area contributed by atoms with Crippen LogP contribution in [-0.2, 0) is 16.3 Å². The summed E-state index contributed by atoms with van der Waals surface area (Å²) in [6.45, 7) is 0. The van der Waals surface area contributed by atoms with E-state index in [0.717, 1.165) is 5.56 Å². The van der Waals surface area contributed by atoms with Crippen molar-refractivity contribution in [1.29, 1.82) is 0 Å². The molecule has 0 aliphatic rings. The summed E-state index contributed by atoms with van der Waals surface area (Å²) in [4.78, 5) is 0.299. The van der Waals surface area contributed by atoms with E-state index in [2.05, 4.69) is 0 Å². The summed E-state index contributed by atoms with van der Waals surface area (Å²) in [5, 5.41) is 9.70. The molecule has 3 nitrogen and oxygen atoms in total. The third-order valence-electron chi connectivity index (χ3n) is 2.99. The van der Waals surface area contributed by atoms with Crippen molar-refractivity contribution in [2.24, 2.45) is 0 Å². The van der Waals surface area contributed by atoms with E-state index in [-0.39, 0.29) is 11.5 Å². The first-order chi connectivity index (χ1) is 9.47. The second kappa shape index (κ2) is 6.29. The molecule has 2 aromatic carbocycles. The molecule has 0 atom stereocenters. The molecule has 0 saturated carbocycles. The zero-order valence-corrected chi connectivity index (χ0v) is 12.4. The summed E-state index contributed by atoms with van der Waals surface area (Å²) >= 11 is 5.74. The van der Waals surface area contributed by atoms with Gasteiger partial charge in [0.1, 0.15) is 5.75 Å². The molecule has 0 aromatic heterocycles. The summed E-state index contributed by atoms with van der Waals surface area (Å²) in [6.07, 6.45) is 1.20. The molecule has 5 heteroatoms. The predicted octanol–water partition coefficient (Wildman–Crippen LogP) is 3.45. The van der Waals surface area contributed by atoms with Gasteiger partial charge >= 0.3 is 0 Å². The lowest BCUT2D eigenvalue weighted by molar-refractivity contribution is 0.475. The maximum Gasteiger partial charge on any atom is 0.178 e. The lowest BCUT2D eigenvalue weighted by Crippen LogP contribution is -2.07. The first kappa shape index (κ1) is 14.9. The summed E-state index contributed by atoms with van der Waals surface area (Å²) in [6, 6.07) is 13.0. The van der Waals surface area contributed by atoms with Crippen molar-refractivity contribution in [2.45, 2.75) is 17.7 Å². The predicted molar refractivity (Wildman–Crippen MR) is 79.9 cm³/mol. The highest BCUT2D eigenvalue weighted by Crippen LogP contribution is 2.17. The number of aryl methyl sites for hydroxylation is 1. The van der Waals surface area contributed by atoms with Crippen LogP contribution >= 0.6 is 11.6 Å². The van der Waals surface area contributed by atoms with Crippen LogP contribution in [0.25, 0.3) is 0 Å². The number of hydrogen-bond donors (Lipinski definition) is 1. The van der Waals surface area contributed by atoms with Crippen LogP contribution in [0.2, 0.25) is 5.02 Å². The van der Waals surface area contributed by atoms with Crippen LogP contribution in [0.5, 0.6) is 5.75 Å². The van der Waals surface area contributed by atoms with Gasteiger partial charge in [-0.25, -0.2) is 8.42 Å². The van der Waals surface area contributed by atoms with E-state index in [0.29, 0.717) is 22.8 Å². The van der Waals surface area contributed by atoms with Crippen molar-refractivity contribution >= 4 is 21.4 Å². The van der Waals surface area contributed by atoms with E-state index < -0.39 is 9.84 Å². The molecule has 0 saturated heterocycles. The lowest BCUT2D eigenvalue weighted by atomic mass is 10.1. The number of hydrogen-bond acceptors (Lipinski definition) is 3. The molecule has 1 N–H and O–H groups in total. The monoisotopic (exact) mass is 310 g/mol. The van der Waals surface area contributed by atoms with E-state index in [9.17, 15) is 13.5 Å². The number of aromatic hydroxyl groups is 1. The molecule has 0 spiro atoms. The molecule has 0 radical (unpaired) electrons. The topological polar surface area (TPSA) is 54.4 Å². The molecule has 0 aliphatic heterocycles. The van der Waals surface area contributed by atoms with Gasteiger partial charge in [0, 0.05) is 5.02 Å². The highest BCUT2D eigenvalue weighted by Gasteiger charge is 2.13. The van der Waals surface area contributed by atoms with Gasteiger partial charge in [-0.05, 0) is 54.8 Å². The molecule has 0 amide bonds. The highest BCUT2D eigenvalue weighted by molar-refractivity contribution is 7.91. The Morgan fingerprint density at radius 2 is 1.55 bits per heavy atom. The normalized spacial score (nSPS) is 11.4. The van der Waals surface area contributed by atoms with Gasteiger partial charge in [-0.15, -0.1) is 0 Å². The quantitative estimate of drug-likeness (QED) is 0.920. The maximum atomic E-state index is 12.1. The summed E-state index contributed by atoms with van der Waals surface area (Å²) in [7, 11) is -3.26. The smallest absolute Gasteiger partial charge is 0.178 e. The Kier molecular flexibility index (Phi) is 4.68. The minimum Gasteiger partial charge on any atom is -0.508 e. The first-order valence-electron chi connectivity index (χ1n) is 6.24. The highest BCUT2D eigenvalue weighted by atomic mass is 35.5. The van der Waals surface area contributed by atoms with Crippen molar-refractivity contribution in [2.75, 3.05) is 5.75 Å². The van der Waals surface area contributed by atoms with E-state index in [1.54, 1.807) is 36.4 Å². The molecule has 0 aliphatic carbocycles. The summed E-state index contributed by atoms with van der Waals surface area (Å²) in [5.74, 6) is 0.303. The van der Waals surface area contributed by atoms with Gasteiger partial charge in [-0.3, -0.25) is 0 Å². The SMILES string of the molecule is O=S(=O)(CCCc1ccc(O)cc1)c1ccc(Cl)cc1. The summed E-state index contributed by atoms with van der Waals surface area (Å²) in [5.41, 5.74) is 1.01. The average molecular weight is 311 g/mol. The van der Waals surface area contributed by atoms with Gasteiger partial charge in [-0.2, -0.15) is 0 Å². The molecular formula is C15H15ClO3S. The molecule has 0 bridgehead atoms. The molecule has 0 fully saturated rings. The number of rotatable bonds is 5. The van der Waals surface area contributed by atoms with Crippen LogP contribution in [0.15, 0.2) is 53.4 Å². The van der Waals surface area contributed by atoms with Crippen molar-refractivity contribution in [3.05, 3.63) is 59.1 Å². The molecule has 106 valence electrons. The number of sulfone groups is 1. The van der Waals surface area contributed by atoms with Crippen LogP contribution < -0.4 is 0 Å². The number of phenolic OH excluding ortho intramolecular Hbond substituents is 1. The molecule has 0 unspecified atom stereocenters. The standard InChI is InChI=1S/C15H15ClO3S/c16-13-5-9-15(10-6-13)20(18,19)11-1-2-12-3-7-14(17)8-4-12/h3-10,17H,1-2,11H2. The number of benzene rings is 2. The van der Waals surface area contributed by atoms with Gasteiger partial charge in [0.25, 0.3) is 0 Å². The largest absolute Gasteiger partial charge is 0.508 e. The lowest BCUT2D eigenvalue weighted by Gasteiger charge is -2.05. The first-order valence-corrected chi connectivity index (χ1v) is 8.27. The molecule has 20 heavy (non-hydrogen) atoms. The van der Waals surface area contributed by atoms with E-state index in [1.165, 1.54) is 12.1 Å². The van der Waals surface area contributed by atoms with Crippen LogP contribution in [0.4, 0.5) is 0 Å². The third-order valence-corrected chi connectivity index (χ3v) is 5.06. The molecule has 2 aromatic rings. The van der Waals surface area contributed by atoms with Gasteiger partial charge in [0.05, 0.1) is 10.6 Å². The minimum absolute atomic E-state index is 0.0928. The zero-order valence-electron chi connectivity index (χ0n) is 10.8. The fourth-order valence-corrected chi connectivity index (χ4v) is 3.33. The Bertz CT molecular complexity index is 661. The minimum atomic E-state index is -3.26. The molecule has 0 heterocycles. The van der Waals surface area contributed by atoms with Crippen molar-refractivity contribution < 1.29 is 13.5 Å². The summed E-state index contributed by atoms with van der Waals surface area (Å²) < 4.78 is 24.2. The van der Waals surface area contributed by atoms with Gasteiger partial charge < -0.3 is 5.11 Å². The van der Waals surface area contributed by atoms with Gasteiger partial charge in [0.2, 0.25) is 0 Å². The molecule has 2 rings (SSSR count). The molecular weight excluding hydrogens is 296 g/mol. The Morgan fingerprint density at radius 1 is 0.950 bits per heavy atom.